The van der Waals surface area contributed by atoms with Crippen LogP contribution in [0.4, 0.5) is 11.4 Å². The van der Waals surface area contributed by atoms with E-state index < -0.39 is 0 Å². The molecule has 17 heavy (non-hydrogen) atoms. The average Bonchev–Trinajstić information content (AvgIpc) is 2.30. The number of amides is 1. The molecule has 0 aliphatic heterocycles. The average molecular weight is 232 g/mol. The molecule has 1 aromatic carbocycles. The number of benzene rings is 1. The second-order valence-corrected chi connectivity index (χ2v) is 4.74. The van der Waals surface area contributed by atoms with Gasteiger partial charge in [-0.05, 0) is 31.0 Å². The molecule has 2 N–H and O–H groups in total. The summed E-state index contributed by atoms with van der Waals surface area (Å²) >= 11 is 0. The summed E-state index contributed by atoms with van der Waals surface area (Å²) in [5, 5.41) is 6.35. The van der Waals surface area contributed by atoms with Gasteiger partial charge in [0.05, 0.1) is 0 Å². The lowest BCUT2D eigenvalue weighted by atomic mass is 9.95. The normalized spacial score (nSPS) is 16.5. The van der Waals surface area contributed by atoms with Crippen molar-refractivity contribution >= 4 is 17.3 Å². The SMILES string of the molecule is CC(=O)Nc1cccc(NC2CCCCC2)c1. The third-order valence-corrected chi connectivity index (χ3v) is 3.16. The van der Waals surface area contributed by atoms with Gasteiger partial charge in [0.15, 0.2) is 0 Å². The van der Waals surface area contributed by atoms with Crippen LogP contribution in [0, 0.1) is 0 Å². The number of rotatable bonds is 3. The zero-order chi connectivity index (χ0) is 12.1. The van der Waals surface area contributed by atoms with Gasteiger partial charge in [0.1, 0.15) is 0 Å². The van der Waals surface area contributed by atoms with Crippen molar-refractivity contribution in [2.75, 3.05) is 10.6 Å². The van der Waals surface area contributed by atoms with Crippen molar-refractivity contribution < 1.29 is 4.79 Å². The Kier molecular flexibility index (Phi) is 4.02. The topological polar surface area (TPSA) is 41.1 Å². The van der Waals surface area contributed by atoms with E-state index >= 15 is 0 Å². The Morgan fingerprint density at radius 3 is 2.59 bits per heavy atom. The molecule has 1 saturated carbocycles. The Bertz CT molecular complexity index is 384. The van der Waals surface area contributed by atoms with Gasteiger partial charge in [0.2, 0.25) is 5.91 Å². The second-order valence-electron chi connectivity index (χ2n) is 4.74. The van der Waals surface area contributed by atoms with Crippen LogP contribution in [0.2, 0.25) is 0 Å². The largest absolute Gasteiger partial charge is 0.382 e. The van der Waals surface area contributed by atoms with Gasteiger partial charge in [-0.2, -0.15) is 0 Å². The predicted molar refractivity (Wildman–Crippen MR) is 71.2 cm³/mol. The van der Waals surface area contributed by atoms with Crippen LogP contribution >= 0.6 is 0 Å². The van der Waals surface area contributed by atoms with Gasteiger partial charge in [0, 0.05) is 24.3 Å². The van der Waals surface area contributed by atoms with E-state index in [9.17, 15) is 4.79 Å². The highest BCUT2D eigenvalue weighted by Crippen LogP contribution is 2.23. The van der Waals surface area contributed by atoms with E-state index in [2.05, 4.69) is 16.7 Å². The molecule has 0 bridgehead atoms. The zero-order valence-corrected chi connectivity index (χ0v) is 10.3. The van der Waals surface area contributed by atoms with E-state index in [0.717, 1.165) is 11.4 Å². The lowest BCUT2D eigenvalue weighted by Gasteiger charge is -2.24. The van der Waals surface area contributed by atoms with Gasteiger partial charge in [0.25, 0.3) is 0 Å². The summed E-state index contributed by atoms with van der Waals surface area (Å²) in [4.78, 5) is 11.0. The number of hydrogen-bond donors (Lipinski definition) is 2. The van der Waals surface area contributed by atoms with Crippen LogP contribution in [-0.2, 0) is 4.79 Å². The summed E-state index contributed by atoms with van der Waals surface area (Å²) in [7, 11) is 0. The number of carbonyl (C=O) groups excluding carboxylic acids is 1. The van der Waals surface area contributed by atoms with E-state index in [1.165, 1.54) is 39.0 Å². The Balaban J connectivity index is 1.97. The van der Waals surface area contributed by atoms with Crippen LogP contribution in [0.3, 0.4) is 0 Å². The first-order chi connectivity index (χ1) is 8.24. The fraction of sp³-hybridized carbons (Fsp3) is 0.500. The fourth-order valence-electron chi connectivity index (χ4n) is 2.37. The maximum atomic E-state index is 11.0. The molecule has 0 heterocycles. The molecule has 1 amide bonds. The molecule has 1 fully saturated rings. The van der Waals surface area contributed by atoms with Gasteiger partial charge >= 0.3 is 0 Å². The first kappa shape index (κ1) is 12.0. The van der Waals surface area contributed by atoms with E-state index in [1.54, 1.807) is 0 Å². The van der Waals surface area contributed by atoms with Crippen molar-refractivity contribution in [3.05, 3.63) is 24.3 Å². The minimum Gasteiger partial charge on any atom is -0.382 e. The van der Waals surface area contributed by atoms with E-state index in [1.807, 2.05) is 18.2 Å². The third kappa shape index (κ3) is 3.77. The lowest BCUT2D eigenvalue weighted by Crippen LogP contribution is -2.22. The van der Waals surface area contributed by atoms with Crippen LogP contribution in [-0.4, -0.2) is 11.9 Å². The highest BCUT2D eigenvalue weighted by molar-refractivity contribution is 5.89. The summed E-state index contributed by atoms with van der Waals surface area (Å²) in [5.41, 5.74) is 1.96. The van der Waals surface area contributed by atoms with E-state index in [0.29, 0.717) is 6.04 Å². The number of hydrogen-bond acceptors (Lipinski definition) is 2. The number of carbonyl (C=O) groups is 1. The highest BCUT2D eigenvalue weighted by atomic mass is 16.1. The van der Waals surface area contributed by atoms with Gasteiger partial charge in [-0.1, -0.05) is 25.3 Å². The molecule has 3 nitrogen and oxygen atoms in total. The summed E-state index contributed by atoms with van der Waals surface area (Å²) in [6.45, 7) is 1.53. The molecule has 0 radical (unpaired) electrons. The molecule has 0 atom stereocenters. The summed E-state index contributed by atoms with van der Waals surface area (Å²) in [5.74, 6) is -0.0279. The van der Waals surface area contributed by atoms with Crippen molar-refractivity contribution in [1.82, 2.24) is 0 Å². The predicted octanol–water partition coefficient (Wildman–Crippen LogP) is 3.39. The zero-order valence-electron chi connectivity index (χ0n) is 10.3. The second kappa shape index (κ2) is 5.71. The van der Waals surface area contributed by atoms with Crippen molar-refractivity contribution in [2.45, 2.75) is 45.1 Å². The van der Waals surface area contributed by atoms with Crippen LogP contribution in [0.25, 0.3) is 0 Å². The maximum Gasteiger partial charge on any atom is 0.221 e. The standard InChI is InChI=1S/C14H20N2O/c1-11(17)15-13-8-5-9-14(10-13)16-12-6-3-2-4-7-12/h5,8-10,12,16H,2-4,6-7H2,1H3,(H,15,17). The van der Waals surface area contributed by atoms with E-state index in [-0.39, 0.29) is 5.91 Å². The highest BCUT2D eigenvalue weighted by Gasteiger charge is 2.12. The molecule has 1 aromatic rings. The lowest BCUT2D eigenvalue weighted by molar-refractivity contribution is -0.114. The maximum absolute atomic E-state index is 11.0. The third-order valence-electron chi connectivity index (χ3n) is 3.16. The van der Waals surface area contributed by atoms with Gasteiger partial charge < -0.3 is 10.6 Å². The van der Waals surface area contributed by atoms with Crippen LogP contribution in [0.15, 0.2) is 24.3 Å². The number of anilines is 2. The van der Waals surface area contributed by atoms with Gasteiger partial charge in [-0.25, -0.2) is 0 Å². The van der Waals surface area contributed by atoms with Crippen molar-refractivity contribution in [3.8, 4) is 0 Å². The molecule has 3 heteroatoms. The van der Waals surface area contributed by atoms with Crippen LogP contribution in [0.5, 0.6) is 0 Å². The molecule has 1 aliphatic carbocycles. The molecular formula is C14H20N2O. The van der Waals surface area contributed by atoms with Crippen LogP contribution in [0.1, 0.15) is 39.0 Å². The minimum atomic E-state index is -0.0279. The van der Waals surface area contributed by atoms with Gasteiger partial charge in [-0.3, -0.25) is 4.79 Å². The van der Waals surface area contributed by atoms with Crippen molar-refractivity contribution in [2.24, 2.45) is 0 Å². The van der Waals surface area contributed by atoms with Gasteiger partial charge in [-0.15, -0.1) is 0 Å². The summed E-state index contributed by atoms with van der Waals surface area (Å²) in [6, 6.07) is 8.52. The summed E-state index contributed by atoms with van der Waals surface area (Å²) in [6.07, 6.45) is 6.52. The smallest absolute Gasteiger partial charge is 0.221 e. The Morgan fingerprint density at radius 1 is 1.18 bits per heavy atom. The first-order valence-electron chi connectivity index (χ1n) is 6.38. The van der Waals surface area contributed by atoms with Crippen molar-refractivity contribution in [1.29, 1.82) is 0 Å². The molecule has 0 unspecified atom stereocenters. The monoisotopic (exact) mass is 232 g/mol. The summed E-state index contributed by atoms with van der Waals surface area (Å²) < 4.78 is 0. The Labute approximate surface area is 103 Å². The van der Waals surface area contributed by atoms with Crippen molar-refractivity contribution in [3.63, 3.8) is 0 Å². The molecule has 0 aromatic heterocycles. The fourth-order valence-corrected chi connectivity index (χ4v) is 2.37. The Morgan fingerprint density at radius 2 is 1.88 bits per heavy atom. The number of nitrogens with one attached hydrogen (secondary N) is 2. The van der Waals surface area contributed by atoms with E-state index in [4.69, 9.17) is 0 Å². The molecule has 2 rings (SSSR count). The molecular weight excluding hydrogens is 212 g/mol. The molecule has 92 valence electrons. The minimum absolute atomic E-state index is 0.0279. The molecule has 0 spiro atoms. The molecule has 1 aliphatic rings. The Hall–Kier alpha value is -1.51. The molecule has 0 saturated heterocycles. The first-order valence-corrected chi connectivity index (χ1v) is 6.38. The quantitative estimate of drug-likeness (QED) is 0.838. The van der Waals surface area contributed by atoms with Crippen LogP contribution < -0.4 is 10.6 Å².